The van der Waals surface area contributed by atoms with Gasteiger partial charge in [-0.05, 0) is 36.4 Å². The largest absolute Gasteiger partial charge is 0.495 e. The summed E-state index contributed by atoms with van der Waals surface area (Å²) in [6.07, 6.45) is 1.20. The van der Waals surface area contributed by atoms with Crippen molar-refractivity contribution in [3.05, 3.63) is 66.7 Å². The molecular formula is C20H17O4S2+. The minimum Gasteiger partial charge on any atom is -0.495 e. The molecule has 4 nitrogen and oxygen atoms in total. The number of benzene rings is 3. The lowest BCUT2D eigenvalue weighted by molar-refractivity contribution is 0.402. The fourth-order valence-electron chi connectivity index (χ4n) is 2.97. The zero-order valence-electron chi connectivity index (χ0n) is 14.3. The lowest BCUT2D eigenvalue weighted by Crippen LogP contribution is -2.13. The summed E-state index contributed by atoms with van der Waals surface area (Å²) in [7, 11) is -2.39. The summed E-state index contributed by atoms with van der Waals surface area (Å²) in [5.74, 6) is 1.95. The van der Waals surface area contributed by atoms with Gasteiger partial charge in [0.2, 0.25) is 9.79 Å². The van der Waals surface area contributed by atoms with Crippen molar-refractivity contribution in [1.82, 2.24) is 0 Å². The van der Waals surface area contributed by atoms with Gasteiger partial charge in [0.05, 0.1) is 7.11 Å². The van der Waals surface area contributed by atoms with Crippen LogP contribution >= 0.6 is 0 Å². The van der Waals surface area contributed by atoms with Gasteiger partial charge in [-0.3, -0.25) is 0 Å². The molecule has 0 unspecified atom stereocenters. The molecule has 0 bridgehead atoms. The first-order valence-corrected chi connectivity index (χ1v) is 11.1. The van der Waals surface area contributed by atoms with Gasteiger partial charge >= 0.3 is 0 Å². The summed E-state index contributed by atoms with van der Waals surface area (Å²) < 4.78 is 35.8. The lowest BCUT2D eigenvalue weighted by Gasteiger charge is -2.20. The molecule has 0 radical (unpaired) electrons. The molecular weight excluding hydrogens is 368 g/mol. The minimum absolute atomic E-state index is 0.200. The number of ether oxygens (including phenoxy) is 2. The van der Waals surface area contributed by atoms with Crippen LogP contribution in [0.1, 0.15) is 0 Å². The standard InChI is InChI=1S/C20H17O4S2/c1-23-17-12-11-14(13-20(17)26(2,21)22)25-18-9-5-3-7-15(18)24-16-8-4-6-10-19(16)25/h3-13H,1-2H3/q+1. The predicted octanol–water partition coefficient (Wildman–Crippen LogP) is 4.30. The SMILES string of the molecule is COc1ccc([S+]2c3ccccc3Oc3ccccc32)cc1S(C)(=O)=O. The second-order valence-corrected chi connectivity index (χ2v) is 9.83. The molecule has 0 aromatic heterocycles. The van der Waals surface area contributed by atoms with E-state index in [1.165, 1.54) is 13.4 Å². The average molecular weight is 385 g/mol. The fourth-order valence-corrected chi connectivity index (χ4v) is 6.14. The first-order chi connectivity index (χ1) is 12.5. The first kappa shape index (κ1) is 17.0. The summed E-state index contributed by atoms with van der Waals surface area (Å²) in [5, 5.41) is 0. The Morgan fingerprint density at radius 3 is 2.00 bits per heavy atom. The molecule has 0 saturated heterocycles. The van der Waals surface area contributed by atoms with Crippen LogP contribution in [-0.2, 0) is 20.7 Å². The highest BCUT2D eigenvalue weighted by atomic mass is 32.2. The van der Waals surface area contributed by atoms with E-state index >= 15 is 0 Å². The number of rotatable bonds is 3. The highest BCUT2D eigenvalue weighted by Crippen LogP contribution is 2.47. The lowest BCUT2D eigenvalue weighted by atomic mass is 10.3. The smallest absolute Gasteiger partial charge is 0.209 e. The van der Waals surface area contributed by atoms with Gasteiger partial charge in [-0.2, -0.15) is 0 Å². The Hall–Kier alpha value is -2.44. The van der Waals surface area contributed by atoms with Crippen molar-refractivity contribution in [2.75, 3.05) is 13.4 Å². The van der Waals surface area contributed by atoms with Crippen molar-refractivity contribution >= 4 is 20.7 Å². The van der Waals surface area contributed by atoms with Crippen LogP contribution in [0.25, 0.3) is 0 Å². The topological polar surface area (TPSA) is 52.6 Å². The molecule has 4 rings (SSSR count). The predicted molar refractivity (Wildman–Crippen MR) is 101 cm³/mol. The van der Waals surface area contributed by atoms with E-state index in [2.05, 4.69) is 0 Å². The van der Waals surface area contributed by atoms with Crippen LogP contribution < -0.4 is 9.47 Å². The van der Waals surface area contributed by atoms with Gasteiger partial charge in [0.15, 0.2) is 26.2 Å². The van der Waals surface area contributed by atoms with E-state index < -0.39 is 20.7 Å². The Morgan fingerprint density at radius 1 is 0.885 bits per heavy atom. The summed E-state index contributed by atoms with van der Waals surface area (Å²) in [6.45, 7) is 0. The summed E-state index contributed by atoms with van der Waals surface area (Å²) >= 11 is 0. The van der Waals surface area contributed by atoms with Crippen LogP contribution in [0.3, 0.4) is 0 Å². The number of fused-ring (bicyclic) bond motifs is 2. The minimum atomic E-state index is -3.41. The Morgan fingerprint density at radius 2 is 1.46 bits per heavy atom. The van der Waals surface area contributed by atoms with Gasteiger partial charge in [-0.15, -0.1) is 0 Å². The molecule has 0 saturated carbocycles. The number of para-hydroxylation sites is 2. The van der Waals surface area contributed by atoms with Crippen LogP contribution in [0.15, 0.2) is 86.3 Å². The van der Waals surface area contributed by atoms with E-state index in [1.54, 1.807) is 12.1 Å². The molecule has 132 valence electrons. The zero-order valence-corrected chi connectivity index (χ0v) is 15.9. The second-order valence-electron chi connectivity index (χ2n) is 5.89. The third-order valence-electron chi connectivity index (χ3n) is 4.13. The first-order valence-electron chi connectivity index (χ1n) is 7.97. The van der Waals surface area contributed by atoms with E-state index in [0.29, 0.717) is 5.75 Å². The highest BCUT2D eigenvalue weighted by molar-refractivity contribution is 7.97. The summed E-state index contributed by atoms with van der Waals surface area (Å²) in [4.78, 5) is 3.19. The van der Waals surface area contributed by atoms with Crippen LogP contribution in [0.2, 0.25) is 0 Å². The molecule has 0 aliphatic carbocycles. The molecule has 3 aromatic carbocycles. The van der Waals surface area contributed by atoms with Crippen LogP contribution in [0.5, 0.6) is 17.2 Å². The molecule has 0 atom stereocenters. The Labute approximate surface area is 155 Å². The number of hydrogen-bond donors (Lipinski definition) is 0. The van der Waals surface area contributed by atoms with Crippen LogP contribution in [-0.4, -0.2) is 21.8 Å². The van der Waals surface area contributed by atoms with E-state index in [0.717, 1.165) is 26.2 Å². The highest BCUT2D eigenvalue weighted by Gasteiger charge is 2.39. The van der Waals surface area contributed by atoms with E-state index in [-0.39, 0.29) is 4.90 Å². The molecule has 1 heterocycles. The van der Waals surface area contributed by atoms with E-state index in [9.17, 15) is 8.42 Å². The van der Waals surface area contributed by atoms with Gasteiger partial charge < -0.3 is 9.47 Å². The summed E-state index contributed by atoms with van der Waals surface area (Å²) in [6, 6.07) is 21.1. The Bertz CT molecular complexity index is 1040. The maximum absolute atomic E-state index is 12.2. The number of methoxy groups -OCH3 is 1. The molecule has 1 aliphatic rings. The van der Waals surface area contributed by atoms with Crippen molar-refractivity contribution in [3.63, 3.8) is 0 Å². The van der Waals surface area contributed by atoms with Crippen LogP contribution in [0, 0.1) is 0 Å². The quantitative estimate of drug-likeness (QED) is 0.494. The third kappa shape index (κ3) is 2.85. The zero-order chi connectivity index (χ0) is 18.3. The normalized spacial score (nSPS) is 13.5. The van der Waals surface area contributed by atoms with Crippen molar-refractivity contribution in [2.45, 2.75) is 19.6 Å². The van der Waals surface area contributed by atoms with Gasteiger partial charge in [-0.25, -0.2) is 8.42 Å². The van der Waals surface area contributed by atoms with Gasteiger partial charge in [0, 0.05) is 12.3 Å². The fraction of sp³-hybridized carbons (Fsp3) is 0.100. The van der Waals surface area contributed by atoms with Crippen molar-refractivity contribution < 1.29 is 17.9 Å². The average Bonchev–Trinajstić information content (AvgIpc) is 2.65. The van der Waals surface area contributed by atoms with Gasteiger partial charge in [0.25, 0.3) is 0 Å². The Balaban J connectivity index is 1.97. The molecule has 26 heavy (non-hydrogen) atoms. The van der Waals surface area contributed by atoms with Crippen molar-refractivity contribution in [2.24, 2.45) is 0 Å². The number of hydrogen-bond acceptors (Lipinski definition) is 4. The van der Waals surface area contributed by atoms with Gasteiger partial charge in [-0.1, -0.05) is 24.3 Å². The molecule has 0 spiro atoms. The number of sulfone groups is 1. The van der Waals surface area contributed by atoms with Crippen LogP contribution in [0.4, 0.5) is 0 Å². The second kappa shape index (κ2) is 6.37. The molecule has 6 heteroatoms. The molecule has 3 aromatic rings. The molecule has 1 aliphatic heterocycles. The molecule has 0 N–H and O–H groups in total. The van der Waals surface area contributed by atoms with E-state index in [4.69, 9.17) is 9.47 Å². The molecule has 0 fully saturated rings. The Kier molecular flexibility index (Phi) is 4.17. The third-order valence-corrected chi connectivity index (χ3v) is 7.53. The van der Waals surface area contributed by atoms with E-state index in [1.807, 2.05) is 54.6 Å². The maximum atomic E-state index is 12.2. The van der Waals surface area contributed by atoms with Gasteiger partial charge in [0.1, 0.15) is 21.5 Å². The van der Waals surface area contributed by atoms with Crippen molar-refractivity contribution in [3.8, 4) is 17.2 Å². The van der Waals surface area contributed by atoms with Crippen molar-refractivity contribution in [1.29, 1.82) is 0 Å². The maximum Gasteiger partial charge on any atom is 0.209 e. The monoisotopic (exact) mass is 385 g/mol. The summed E-state index contributed by atoms with van der Waals surface area (Å²) in [5.41, 5.74) is 0. The molecule has 0 amide bonds.